The molecule has 104 valence electrons. The molecule has 1 heterocycles. The molecule has 2 rings (SSSR count). The monoisotopic (exact) mass is 273 g/mol. The fraction of sp³-hybridized carbons (Fsp3) is 0.200. The fourth-order valence-electron chi connectivity index (χ4n) is 1.85. The summed E-state index contributed by atoms with van der Waals surface area (Å²) in [7, 11) is 0. The number of amides is 1. The van der Waals surface area contributed by atoms with Crippen LogP contribution in [0.4, 0.5) is 15.8 Å². The summed E-state index contributed by atoms with van der Waals surface area (Å²) in [5.41, 5.74) is 2.00. The average Bonchev–Trinajstić information content (AvgIpc) is 2.43. The van der Waals surface area contributed by atoms with Gasteiger partial charge in [-0.05, 0) is 37.6 Å². The Morgan fingerprint density at radius 3 is 2.85 bits per heavy atom. The summed E-state index contributed by atoms with van der Waals surface area (Å²) < 4.78 is 13.8. The average molecular weight is 273 g/mol. The molecule has 1 amide bonds. The maximum absolute atomic E-state index is 13.8. The molecule has 2 N–H and O–H groups in total. The minimum atomic E-state index is -0.442. The lowest BCUT2D eigenvalue weighted by atomic mass is 10.1. The summed E-state index contributed by atoms with van der Waals surface area (Å²) in [5, 5.41) is 5.62. The van der Waals surface area contributed by atoms with Crippen LogP contribution in [0.25, 0.3) is 0 Å². The highest BCUT2D eigenvalue weighted by Gasteiger charge is 2.15. The van der Waals surface area contributed by atoms with E-state index in [1.54, 1.807) is 24.5 Å². The fourth-order valence-corrected chi connectivity index (χ4v) is 1.85. The molecule has 0 saturated carbocycles. The van der Waals surface area contributed by atoms with Gasteiger partial charge in [0.25, 0.3) is 5.91 Å². The lowest BCUT2D eigenvalue weighted by Gasteiger charge is -2.12. The van der Waals surface area contributed by atoms with Crippen LogP contribution in [0.15, 0.2) is 36.7 Å². The Morgan fingerprint density at radius 2 is 2.15 bits per heavy atom. The largest absolute Gasteiger partial charge is 0.382 e. The zero-order chi connectivity index (χ0) is 14.5. The second-order valence-electron chi connectivity index (χ2n) is 4.34. The van der Waals surface area contributed by atoms with E-state index in [9.17, 15) is 9.18 Å². The van der Waals surface area contributed by atoms with Crippen molar-refractivity contribution in [3.8, 4) is 0 Å². The number of carbonyl (C=O) groups excluding carboxylic acids is 1. The third kappa shape index (κ3) is 2.93. The van der Waals surface area contributed by atoms with Crippen molar-refractivity contribution in [2.75, 3.05) is 17.2 Å². The van der Waals surface area contributed by atoms with Crippen molar-refractivity contribution in [1.29, 1.82) is 0 Å². The normalized spacial score (nSPS) is 10.2. The molecule has 5 heteroatoms. The van der Waals surface area contributed by atoms with Crippen LogP contribution in [0.3, 0.4) is 0 Å². The number of nitrogens with one attached hydrogen (secondary N) is 2. The van der Waals surface area contributed by atoms with Crippen LogP contribution >= 0.6 is 0 Å². The molecule has 2 aromatic rings. The maximum Gasteiger partial charge on any atom is 0.257 e. The van der Waals surface area contributed by atoms with Gasteiger partial charge in [0.15, 0.2) is 0 Å². The molecule has 20 heavy (non-hydrogen) atoms. The predicted molar refractivity (Wildman–Crippen MR) is 77.5 cm³/mol. The molecule has 0 saturated heterocycles. The van der Waals surface area contributed by atoms with Crippen molar-refractivity contribution in [2.24, 2.45) is 0 Å². The van der Waals surface area contributed by atoms with E-state index in [-0.39, 0.29) is 17.2 Å². The number of hydrogen-bond donors (Lipinski definition) is 2. The predicted octanol–water partition coefficient (Wildman–Crippen LogP) is 3.21. The molecule has 0 aliphatic heterocycles. The molecule has 0 atom stereocenters. The molecule has 0 spiro atoms. The number of halogens is 1. The van der Waals surface area contributed by atoms with Gasteiger partial charge < -0.3 is 10.6 Å². The van der Waals surface area contributed by atoms with E-state index in [2.05, 4.69) is 15.6 Å². The highest BCUT2D eigenvalue weighted by molar-refractivity contribution is 6.08. The summed E-state index contributed by atoms with van der Waals surface area (Å²) in [4.78, 5) is 16.2. The molecule has 0 radical (unpaired) electrons. The second kappa shape index (κ2) is 6.14. The smallest absolute Gasteiger partial charge is 0.257 e. The van der Waals surface area contributed by atoms with Crippen molar-refractivity contribution >= 4 is 17.3 Å². The summed E-state index contributed by atoms with van der Waals surface area (Å²) in [5.74, 6) is -0.807. The first-order valence-electron chi connectivity index (χ1n) is 6.37. The first-order valence-corrected chi connectivity index (χ1v) is 6.37. The number of rotatable bonds is 4. The Morgan fingerprint density at radius 1 is 1.35 bits per heavy atom. The van der Waals surface area contributed by atoms with Crippen LogP contribution in [-0.4, -0.2) is 17.4 Å². The number of aromatic nitrogens is 1. The van der Waals surface area contributed by atoms with E-state index in [1.165, 1.54) is 12.1 Å². The number of aryl methyl sites for hydroxylation is 1. The molecule has 1 aromatic heterocycles. The number of para-hydroxylation sites is 1. The standard InChI is InChI=1S/C15H16FN3O/c1-3-18-14-11(5-4-6-12(14)16)15(20)19-13-9-17-8-7-10(13)2/h4-9,18H,3H2,1-2H3,(H,19,20). The van der Waals surface area contributed by atoms with Gasteiger partial charge in [-0.3, -0.25) is 9.78 Å². The van der Waals surface area contributed by atoms with Gasteiger partial charge in [0.1, 0.15) is 5.82 Å². The third-order valence-corrected chi connectivity index (χ3v) is 2.90. The van der Waals surface area contributed by atoms with Gasteiger partial charge in [-0.2, -0.15) is 0 Å². The zero-order valence-corrected chi connectivity index (χ0v) is 11.4. The van der Waals surface area contributed by atoms with Crippen molar-refractivity contribution in [3.05, 3.63) is 53.6 Å². The Kier molecular flexibility index (Phi) is 4.30. The summed E-state index contributed by atoms with van der Waals surface area (Å²) >= 11 is 0. The van der Waals surface area contributed by atoms with E-state index in [0.29, 0.717) is 12.2 Å². The second-order valence-corrected chi connectivity index (χ2v) is 4.34. The minimum absolute atomic E-state index is 0.217. The summed E-state index contributed by atoms with van der Waals surface area (Å²) in [6, 6.07) is 6.22. The third-order valence-electron chi connectivity index (χ3n) is 2.90. The molecule has 0 aliphatic carbocycles. The van der Waals surface area contributed by atoms with Crippen molar-refractivity contribution in [1.82, 2.24) is 4.98 Å². The SMILES string of the molecule is CCNc1c(F)cccc1C(=O)Nc1cnccc1C. The van der Waals surface area contributed by atoms with Gasteiger partial charge in [0.2, 0.25) is 0 Å². The first-order chi connectivity index (χ1) is 9.63. The molecule has 0 aliphatic rings. The lowest BCUT2D eigenvalue weighted by Crippen LogP contribution is -2.16. The Balaban J connectivity index is 2.30. The van der Waals surface area contributed by atoms with Crippen LogP contribution < -0.4 is 10.6 Å². The van der Waals surface area contributed by atoms with E-state index in [4.69, 9.17) is 0 Å². The Hall–Kier alpha value is -2.43. The van der Waals surface area contributed by atoms with Crippen LogP contribution in [0.5, 0.6) is 0 Å². The molecular weight excluding hydrogens is 257 g/mol. The van der Waals surface area contributed by atoms with E-state index >= 15 is 0 Å². The molecule has 0 bridgehead atoms. The van der Waals surface area contributed by atoms with E-state index < -0.39 is 5.82 Å². The van der Waals surface area contributed by atoms with Crippen molar-refractivity contribution in [2.45, 2.75) is 13.8 Å². The van der Waals surface area contributed by atoms with Gasteiger partial charge >= 0.3 is 0 Å². The van der Waals surface area contributed by atoms with Crippen molar-refractivity contribution in [3.63, 3.8) is 0 Å². The number of benzene rings is 1. The number of nitrogens with zero attached hydrogens (tertiary/aromatic N) is 1. The van der Waals surface area contributed by atoms with Gasteiger partial charge in [-0.15, -0.1) is 0 Å². The van der Waals surface area contributed by atoms with Crippen LogP contribution in [0.1, 0.15) is 22.8 Å². The molecule has 1 aromatic carbocycles. The first kappa shape index (κ1) is 14.0. The minimum Gasteiger partial charge on any atom is -0.382 e. The zero-order valence-electron chi connectivity index (χ0n) is 11.4. The van der Waals surface area contributed by atoms with Gasteiger partial charge in [-0.1, -0.05) is 6.07 Å². The lowest BCUT2D eigenvalue weighted by molar-refractivity contribution is 0.102. The van der Waals surface area contributed by atoms with E-state index in [0.717, 1.165) is 5.56 Å². The molecule has 4 nitrogen and oxygen atoms in total. The summed E-state index contributed by atoms with van der Waals surface area (Å²) in [6.07, 6.45) is 3.22. The Labute approximate surface area is 117 Å². The number of carbonyl (C=O) groups is 1. The van der Waals surface area contributed by atoms with Crippen LogP contribution in [-0.2, 0) is 0 Å². The highest BCUT2D eigenvalue weighted by Crippen LogP contribution is 2.21. The Bertz CT molecular complexity index is 628. The van der Waals surface area contributed by atoms with Gasteiger partial charge in [-0.25, -0.2) is 4.39 Å². The molecular formula is C15H16FN3O. The molecule has 0 unspecified atom stereocenters. The topological polar surface area (TPSA) is 54.0 Å². The quantitative estimate of drug-likeness (QED) is 0.899. The van der Waals surface area contributed by atoms with Gasteiger partial charge in [0.05, 0.1) is 23.1 Å². The maximum atomic E-state index is 13.8. The number of anilines is 2. The van der Waals surface area contributed by atoms with Crippen LogP contribution in [0.2, 0.25) is 0 Å². The number of pyridine rings is 1. The highest BCUT2D eigenvalue weighted by atomic mass is 19.1. The van der Waals surface area contributed by atoms with E-state index in [1.807, 2.05) is 13.8 Å². The number of hydrogen-bond acceptors (Lipinski definition) is 3. The summed E-state index contributed by atoms with van der Waals surface area (Å²) in [6.45, 7) is 4.25. The molecule has 0 fully saturated rings. The van der Waals surface area contributed by atoms with Crippen LogP contribution in [0, 0.1) is 12.7 Å². The van der Waals surface area contributed by atoms with Crippen molar-refractivity contribution < 1.29 is 9.18 Å². The van der Waals surface area contributed by atoms with Gasteiger partial charge in [0, 0.05) is 12.7 Å².